The molecule has 0 unspecified atom stereocenters. The average Bonchev–Trinajstić information content (AvgIpc) is 2.17. The monoisotopic (exact) mass is 183 g/mol. The molecule has 0 aliphatic heterocycles. The summed E-state index contributed by atoms with van der Waals surface area (Å²) >= 11 is 0. The highest BCUT2D eigenvalue weighted by Crippen LogP contribution is 2.22. The second-order valence-electron chi connectivity index (χ2n) is 2.59. The fraction of sp³-hybridized carbons (Fsp3) is 0.333. The molecule has 13 heavy (non-hydrogen) atoms. The van der Waals surface area contributed by atoms with Gasteiger partial charge in [0.05, 0.1) is 14.2 Å². The number of quaternary nitrogens is 1. The van der Waals surface area contributed by atoms with Crippen LogP contribution in [0, 0.1) is 0 Å². The average molecular weight is 183 g/mol. The van der Waals surface area contributed by atoms with Crippen LogP contribution in [-0.4, -0.2) is 20.9 Å². The van der Waals surface area contributed by atoms with Gasteiger partial charge in [0.1, 0.15) is 23.9 Å². The van der Waals surface area contributed by atoms with Crippen LogP contribution >= 0.6 is 0 Å². The third-order valence-electron chi connectivity index (χ3n) is 1.73. The lowest BCUT2D eigenvalue weighted by atomic mass is 10.3. The highest BCUT2D eigenvalue weighted by atomic mass is 16.5. The van der Waals surface area contributed by atoms with Crippen molar-refractivity contribution in [2.75, 3.05) is 20.9 Å². The Labute approximate surface area is 77.6 Å². The molecule has 1 aromatic rings. The first-order chi connectivity index (χ1) is 6.30. The van der Waals surface area contributed by atoms with Crippen molar-refractivity contribution in [1.82, 2.24) is 0 Å². The van der Waals surface area contributed by atoms with E-state index in [1.165, 1.54) is 0 Å². The van der Waals surface area contributed by atoms with Crippen molar-refractivity contribution in [3.8, 4) is 11.5 Å². The van der Waals surface area contributed by atoms with Crippen LogP contribution < -0.4 is 20.5 Å². The van der Waals surface area contributed by atoms with Crippen LogP contribution in [0.4, 0.5) is 5.69 Å². The normalized spacial score (nSPS) is 9.77. The van der Waals surface area contributed by atoms with Crippen molar-refractivity contribution in [1.29, 1.82) is 0 Å². The smallest absolute Gasteiger partial charge is 0.138 e. The van der Waals surface area contributed by atoms with E-state index in [4.69, 9.17) is 15.2 Å². The Morgan fingerprint density at radius 3 is 2.08 bits per heavy atom. The molecule has 0 aromatic heterocycles. The topological polar surface area (TPSA) is 61.1 Å². The molecule has 0 spiro atoms. The quantitative estimate of drug-likeness (QED) is 0.502. The molecule has 72 valence electrons. The Bertz CT molecular complexity index is 254. The molecule has 0 saturated carbocycles. The van der Waals surface area contributed by atoms with Gasteiger partial charge in [0.25, 0.3) is 0 Å². The molecule has 0 amide bonds. The van der Waals surface area contributed by atoms with Crippen molar-refractivity contribution >= 4 is 5.69 Å². The number of hydrogen-bond donors (Lipinski definition) is 2. The van der Waals surface area contributed by atoms with Crippen LogP contribution in [0.5, 0.6) is 11.5 Å². The standard InChI is InChI=1S/C9H14N2O2/c1-12-8-3-7(11-6-10)4-9(5-8)13-2/h3-5,11H,6,10H2,1-2H3/p+1. The number of methoxy groups -OCH3 is 2. The Hall–Kier alpha value is -1.26. The van der Waals surface area contributed by atoms with Crippen molar-refractivity contribution < 1.29 is 14.8 Å². The Morgan fingerprint density at radius 1 is 1.15 bits per heavy atom. The summed E-state index contributed by atoms with van der Waals surface area (Å²) in [5.74, 6) is 1.55. The SMILES string of the molecule is COc1cc([NH2+]CN)cc(OC)c1. The van der Waals surface area contributed by atoms with E-state index in [-0.39, 0.29) is 0 Å². The third kappa shape index (κ3) is 2.61. The molecule has 4 nitrogen and oxygen atoms in total. The van der Waals surface area contributed by atoms with Gasteiger partial charge in [0.15, 0.2) is 0 Å². The van der Waals surface area contributed by atoms with Crippen molar-refractivity contribution in [3.63, 3.8) is 0 Å². The van der Waals surface area contributed by atoms with E-state index in [9.17, 15) is 0 Å². The Balaban J connectivity index is 2.93. The van der Waals surface area contributed by atoms with E-state index in [0.717, 1.165) is 17.2 Å². The Morgan fingerprint density at radius 2 is 1.69 bits per heavy atom. The van der Waals surface area contributed by atoms with Gasteiger partial charge in [0, 0.05) is 18.2 Å². The van der Waals surface area contributed by atoms with E-state index < -0.39 is 0 Å². The molecule has 0 heterocycles. The zero-order valence-electron chi connectivity index (χ0n) is 7.91. The zero-order valence-corrected chi connectivity index (χ0v) is 7.91. The molecule has 0 aliphatic rings. The van der Waals surface area contributed by atoms with E-state index in [1.54, 1.807) is 14.2 Å². The molecule has 0 aliphatic carbocycles. The molecule has 0 atom stereocenters. The first kappa shape index (κ1) is 9.83. The Kier molecular flexibility index (Phi) is 3.54. The maximum atomic E-state index is 5.41. The first-order valence-electron chi connectivity index (χ1n) is 4.06. The number of hydrogen-bond acceptors (Lipinski definition) is 3. The molecule has 0 bridgehead atoms. The van der Waals surface area contributed by atoms with Crippen LogP contribution in [-0.2, 0) is 0 Å². The minimum Gasteiger partial charge on any atom is -0.496 e. The van der Waals surface area contributed by atoms with Gasteiger partial charge in [0.2, 0.25) is 0 Å². The van der Waals surface area contributed by atoms with Crippen molar-refractivity contribution in [3.05, 3.63) is 18.2 Å². The van der Waals surface area contributed by atoms with E-state index in [2.05, 4.69) is 0 Å². The maximum Gasteiger partial charge on any atom is 0.138 e. The van der Waals surface area contributed by atoms with Crippen LogP contribution in [0.3, 0.4) is 0 Å². The third-order valence-corrected chi connectivity index (χ3v) is 1.73. The summed E-state index contributed by atoms with van der Waals surface area (Å²) < 4.78 is 10.2. The number of benzene rings is 1. The molecule has 0 fully saturated rings. The van der Waals surface area contributed by atoms with Crippen LogP contribution in [0.1, 0.15) is 0 Å². The summed E-state index contributed by atoms with van der Waals surface area (Å²) in [6, 6.07) is 5.65. The van der Waals surface area contributed by atoms with Gasteiger partial charge in [-0.15, -0.1) is 0 Å². The summed E-state index contributed by atoms with van der Waals surface area (Å²) in [5.41, 5.74) is 6.42. The second-order valence-corrected chi connectivity index (χ2v) is 2.59. The molecule has 0 saturated heterocycles. The van der Waals surface area contributed by atoms with Gasteiger partial charge in [-0.2, -0.15) is 0 Å². The molecular weight excluding hydrogens is 168 g/mol. The minimum absolute atomic E-state index is 0.510. The fourth-order valence-corrected chi connectivity index (χ4v) is 1.08. The fourth-order valence-electron chi connectivity index (χ4n) is 1.08. The lowest BCUT2D eigenvalue weighted by Crippen LogP contribution is -2.80. The molecule has 1 rings (SSSR count). The van der Waals surface area contributed by atoms with Gasteiger partial charge in [-0.3, -0.25) is 5.73 Å². The summed E-state index contributed by atoms with van der Waals surface area (Å²) in [5, 5.41) is 1.91. The zero-order chi connectivity index (χ0) is 9.68. The summed E-state index contributed by atoms with van der Waals surface area (Å²) in [6.45, 7) is 0.510. The van der Waals surface area contributed by atoms with Gasteiger partial charge >= 0.3 is 0 Å². The van der Waals surface area contributed by atoms with E-state index in [0.29, 0.717) is 6.67 Å². The molecule has 4 N–H and O–H groups in total. The maximum absolute atomic E-state index is 5.41. The van der Waals surface area contributed by atoms with Gasteiger partial charge < -0.3 is 14.8 Å². The highest BCUT2D eigenvalue weighted by Gasteiger charge is 2.03. The number of nitrogens with two attached hydrogens (primary N) is 2. The van der Waals surface area contributed by atoms with Crippen molar-refractivity contribution in [2.24, 2.45) is 5.73 Å². The minimum atomic E-state index is 0.510. The second kappa shape index (κ2) is 4.69. The number of rotatable bonds is 4. The van der Waals surface area contributed by atoms with Crippen LogP contribution in [0.25, 0.3) is 0 Å². The largest absolute Gasteiger partial charge is 0.496 e. The molecular formula is C9H15N2O2+. The highest BCUT2D eigenvalue weighted by molar-refractivity contribution is 5.45. The van der Waals surface area contributed by atoms with E-state index in [1.807, 2.05) is 23.5 Å². The van der Waals surface area contributed by atoms with Gasteiger partial charge in [-0.25, -0.2) is 0 Å². The first-order valence-corrected chi connectivity index (χ1v) is 4.06. The number of ether oxygens (including phenoxy) is 2. The van der Waals surface area contributed by atoms with Gasteiger partial charge in [-0.1, -0.05) is 0 Å². The predicted octanol–water partition coefficient (Wildman–Crippen LogP) is -0.185. The van der Waals surface area contributed by atoms with Crippen LogP contribution in [0.15, 0.2) is 18.2 Å². The summed E-state index contributed by atoms with van der Waals surface area (Å²) in [6.07, 6.45) is 0. The summed E-state index contributed by atoms with van der Waals surface area (Å²) in [4.78, 5) is 0. The van der Waals surface area contributed by atoms with E-state index >= 15 is 0 Å². The van der Waals surface area contributed by atoms with Gasteiger partial charge in [-0.05, 0) is 0 Å². The lowest BCUT2D eigenvalue weighted by Gasteiger charge is -2.05. The van der Waals surface area contributed by atoms with Crippen LogP contribution in [0.2, 0.25) is 0 Å². The summed E-state index contributed by atoms with van der Waals surface area (Å²) in [7, 11) is 3.25. The lowest BCUT2D eigenvalue weighted by molar-refractivity contribution is -0.570. The van der Waals surface area contributed by atoms with Crippen molar-refractivity contribution in [2.45, 2.75) is 0 Å². The predicted molar refractivity (Wildman–Crippen MR) is 50.2 cm³/mol. The molecule has 0 radical (unpaired) electrons. The molecule has 1 aromatic carbocycles. The molecule has 4 heteroatoms.